The summed E-state index contributed by atoms with van der Waals surface area (Å²) in [5, 5.41) is 0. The molecule has 0 rings (SSSR count). The third kappa shape index (κ3) is 21.6. The molecule has 0 aliphatic carbocycles. The van der Waals surface area contributed by atoms with Gasteiger partial charge in [0, 0.05) is 111 Å². The number of ether oxygens (including phenoxy) is 3. The van der Waals surface area contributed by atoms with Gasteiger partial charge in [0.25, 0.3) is 5.97 Å². The molecule has 0 atom stereocenters. The molecule has 0 unspecified atom stereocenters. The number of hydrogen-bond donors (Lipinski definition) is 0. The van der Waals surface area contributed by atoms with Gasteiger partial charge in [-0.3, -0.25) is 0 Å². The molecule has 0 aliphatic heterocycles. The molecule has 0 saturated carbocycles. The van der Waals surface area contributed by atoms with Crippen molar-refractivity contribution in [2.75, 3.05) is 19.8 Å². The van der Waals surface area contributed by atoms with Crippen LogP contribution in [0.2, 0.25) is 0 Å². The summed E-state index contributed by atoms with van der Waals surface area (Å²) in [6.45, 7) is 12.4. The van der Waals surface area contributed by atoms with E-state index in [4.69, 9.17) is 14.2 Å². The SMILES string of the molecule is [CH2]CCC(OCCCC)(OCCCC)OCCCC.[Zr].[Zr].[Zr].[Zr]. The average molecular weight is 638 g/mol. The van der Waals surface area contributed by atoms with Gasteiger partial charge in [-0.25, -0.2) is 0 Å². The van der Waals surface area contributed by atoms with E-state index in [2.05, 4.69) is 27.7 Å². The van der Waals surface area contributed by atoms with E-state index in [9.17, 15) is 0 Å². The van der Waals surface area contributed by atoms with Crippen LogP contribution < -0.4 is 0 Å². The van der Waals surface area contributed by atoms with Crippen molar-refractivity contribution in [3.05, 3.63) is 6.92 Å². The Morgan fingerprint density at radius 1 is 0.652 bits per heavy atom. The van der Waals surface area contributed by atoms with E-state index in [-0.39, 0.29) is 105 Å². The Hall–Kier alpha value is 3.41. The molecule has 0 aliphatic rings. The van der Waals surface area contributed by atoms with Crippen molar-refractivity contribution < 1.29 is 119 Å². The maximum atomic E-state index is 5.92. The van der Waals surface area contributed by atoms with Crippen LogP contribution in [0, 0.1) is 6.92 Å². The van der Waals surface area contributed by atoms with Gasteiger partial charge < -0.3 is 14.2 Å². The first-order valence-corrected chi connectivity index (χ1v) is 7.95. The Labute approximate surface area is 221 Å². The largest absolute Gasteiger partial charge is 0.327 e. The molecular weight excluding hydrogens is 605 g/mol. The van der Waals surface area contributed by atoms with Crippen LogP contribution >= 0.6 is 0 Å². The first kappa shape index (κ1) is 37.2. The van der Waals surface area contributed by atoms with Crippen molar-refractivity contribution in [1.82, 2.24) is 0 Å². The predicted molar refractivity (Wildman–Crippen MR) is 79.9 cm³/mol. The second-order valence-corrected chi connectivity index (χ2v) is 4.89. The Kier molecular flexibility index (Phi) is 44.7. The van der Waals surface area contributed by atoms with Crippen LogP contribution in [0.4, 0.5) is 0 Å². The van der Waals surface area contributed by atoms with Crippen molar-refractivity contribution in [2.45, 2.75) is 78.1 Å². The second kappa shape index (κ2) is 27.6. The third-order valence-electron chi connectivity index (χ3n) is 2.94. The van der Waals surface area contributed by atoms with Crippen molar-refractivity contribution in [1.29, 1.82) is 0 Å². The molecule has 0 aromatic rings. The first-order valence-electron chi connectivity index (χ1n) is 7.95. The molecule has 131 valence electrons. The minimum atomic E-state index is -0.860. The third-order valence-corrected chi connectivity index (χ3v) is 2.94. The zero-order valence-corrected chi connectivity index (χ0v) is 25.0. The van der Waals surface area contributed by atoms with Gasteiger partial charge in [-0.05, 0) is 25.7 Å². The van der Waals surface area contributed by atoms with Crippen molar-refractivity contribution in [3.63, 3.8) is 0 Å². The molecule has 0 aromatic carbocycles. The average Bonchev–Trinajstić information content (AvgIpc) is 2.40. The molecule has 23 heavy (non-hydrogen) atoms. The molecular formula is C16H33O3Zr4. The summed E-state index contributed by atoms with van der Waals surface area (Å²) in [6.07, 6.45) is 7.90. The predicted octanol–water partition coefficient (Wildman–Crippen LogP) is 4.69. The van der Waals surface area contributed by atoms with Gasteiger partial charge in [-0.1, -0.05) is 47.0 Å². The normalized spacial score (nSPS) is 9.91. The number of hydrogen-bond acceptors (Lipinski definition) is 3. The van der Waals surface area contributed by atoms with Gasteiger partial charge in [0.1, 0.15) is 0 Å². The summed E-state index contributed by atoms with van der Waals surface area (Å²) in [7, 11) is 0. The summed E-state index contributed by atoms with van der Waals surface area (Å²) < 4.78 is 17.8. The van der Waals surface area contributed by atoms with Crippen LogP contribution in [0.3, 0.4) is 0 Å². The Morgan fingerprint density at radius 2 is 0.957 bits per heavy atom. The maximum Gasteiger partial charge on any atom is 0.282 e. The number of unbranched alkanes of at least 4 members (excludes halogenated alkanes) is 3. The molecule has 3 nitrogen and oxygen atoms in total. The standard InChI is InChI=1S/C16H33O3.4Zr/c1-5-9-13-17-16(12-8-4,18-14-10-6-2)19-15-11-7-3;;;;/h4-15H2,1-3H3;;;;. The fourth-order valence-electron chi connectivity index (χ4n) is 1.67. The zero-order chi connectivity index (χ0) is 14.4. The fraction of sp³-hybridized carbons (Fsp3) is 0.938. The van der Waals surface area contributed by atoms with Crippen molar-refractivity contribution >= 4 is 0 Å². The Bertz CT molecular complexity index is 172. The molecule has 0 aromatic heterocycles. The van der Waals surface area contributed by atoms with Crippen molar-refractivity contribution in [3.8, 4) is 0 Å². The van der Waals surface area contributed by atoms with Crippen LogP contribution in [0.1, 0.15) is 72.1 Å². The number of rotatable bonds is 14. The summed E-state index contributed by atoms with van der Waals surface area (Å²) in [4.78, 5) is 0. The minimum Gasteiger partial charge on any atom is -0.327 e. The summed E-state index contributed by atoms with van der Waals surface area (Å²) in [5.74, 6) is -0.860. The molecule has 0 saturated heterocycles. The van der Waals surface area contributed by atoms with Gasteiger partial charge in [-0.2, -0.15) is 0 Å². The zero-order valence-electron chi connectivity index (χ0n) is 15.2. The second-order valence-electron chi connectivity index (χ2n) is 4.89. The molecule has 0 amide bonds. The Balaban J connectivity index is -0.000000270. The summed E-state index contributed by atoms with van der Waals surface area (Å²) in [6, 6.07) is 0. The molecule has 0 bridgehead atoms. The summed E-state index contributed by atoms with van der Waals surface area (Å²) >= 11 is 0. The van der Waals surface area contributed by atoms with Gasteiger partial charge >= 0.3 is 0 Å². The molecule has 0 heterocycles. The van der Waals surface area contributed by atoms with Gasteiger partial charge in [0.2, 0.25) is 0 Å². The molecule has 0 fully saturated rings. The van der Waals surface area contributed by atoms with Gasteiger partial charge in [0.15, 0.2) is 0 Å². The van der Waals surface area contributed by atoms with E-state index in [0.29, 0.717) is 26.2 Å². The maximum absolute atomic E-state index is 5.92. The van der Waals surface area contributed by atoms with E-state index >= 15 is 0 Å². The van der Waals surface area contributed by atoms with Gasteiger partial charge in [0.05, 0.1) is 19.8 Å². The van der Waals surface area contributed by atoms with E-state index in [1.807, 2.05) is 0 Å². The van der Waals surface area contributed by atoms with Crippen LogP contribution in [-0.4, -0.2) is 25.8 Å². The van der Waals surface area contributed by atoms with Crippen LogP contribution in [0.5, 0.6) is 0 Å². The summed E-state index contributed by atoms with van der Waals surface area (Å²) in [5.41, 5.74) is 0. The molecule has 0 N–H and O–H groups in total. The van der Waals surface area contributed by atoms with E-state index < -0.39 is 5.97 Å². The van der Waals surface area contributed by atoms with Crippen LogP contribution in [0.25, 0.3) is 0 Å². The van der Waals surface area contributed by atoms with Crippen LogP contribution in [0.15, 0.2) is 0 Å². The smallest absolute Gasteiger partial charge is 0.282 e. The van der Waals surface area contributed by atoms with Crippen LogP contribution in [-0.2, 0) is 119 Å². The monoisotopic (exact) mass is 633 g/mol. The minimum absolute atomic E-state index is 0. The molecule has 7 heteroatoms. The van der Waals surface area contributed by atoms with E-state index in [1.165, 1.54) is 0 Å². The Morgan fingerprint density at radius 3 is 1.17 bits per heavy atom. The quantitative estimate of drug-likeness (QED) is 0.204. The fourth-order valence-corrected chi connectivity index (χ4v) is 1.67. The van der Waals surface area contributed by atoms with Gasteiger partial charge in [-0.15, -0.1) is 0 Å². The first-order chi connectivity index (χ1) is 9.24. The van der Waals surface area contributed by atoms with E-state index in [1.54, 1.807) is 0 Å². The van der Waals surface area contributed by atoms with E-state index in [0.717, 1.165) is 44.9 Å². The van der Waals surface area contributed by atoms with Crippen molar-refractivity contribution in [2.24, 2.45) is 0 Å². The molecule has 0 spiro atoms. The topological polar surface area (TPSA) is 27.7 Å². The molecule has 1 radical (unpaired) electrons.